The van der Waals surface area contributed by atoms with Gasteiger partial charge in [-0.05, 0) is 0 Å². The molecular formula is C18HF15O3P+. The second-order valence-electron chi connectivity index (χ2n) is 6.81. The van der Waals surface area contributed by atoms with Crippen LogP contribution in [0.15, 0.2) is 23.3 Å². The molecule has 19 heteroatoms. The molecule has 2 aromatic rings. The Kier molecular flexibility index (Phi) is 6.94. The zero-order valence-electron chi connectivity index (χ0n) is 16.4. The Bertz CT molecular complexity index is 1400. The molecule has 200 valence electrons. The molecule has 0 bridgehead atoms. The van der Waals surface area contributed by atoms with E-state index in [1.54, 1.807) is 0 Å². The molecule has 2 aromatic carbocycles. The highest BCUT2D eigenvalue weighted by Gasteiger charge is 2.75. The lowest BCUT2D eigenvalue weighted by Gasteiger charge is -2.41. The molecule has 3 nitrogen and oxygen atoms in total. The van der Waals surface area contributed by atoms with Gasteiger partial charge in [0.1, 0.15) is 0 Å². The molecule has 1 aliphatic rings. The second-order valence-corrected chi connectivity index (χ2v) is 7.47. The Balaban J connectivity index is 2.79. The minimum atomic E-state index is -6.22. The van der Waals surface area contributed by atoms with E-state index in [9.17, 15) is 61.6 Å². The normalized spacial score (nSPS) is 22.8. The van der Waals surface area contributed by atoms with Gasteiger partial charge in [-0.15, -0.1) is 4.89 Å². The van der Waals surface area contributed by atoms with E-state index in [4.69, 9.17) is 4.89 Å². The first-order chi connectivity index (χ1) is 16.9. The van der Waals surface area contributed by atoms with Crippen molar-refractivity contribution in [3.8, 4) is 0 Å². The van der Waals surface area contributed by atoms with Crippen molar-refractivity contribution in [2.45, 2.75) is 11.3 Å². The molecule has 0 radical (unpaired) electrons. The van der Waals surface area contributed by atoms with Crippen molar-refractivity contribution in [2.24, 2.45) is 0 Å². The predicted molar refractivity (Wildman–Crippen MR) is 86.3 cm³/mol. The third-order valence-corrected chi connectivity index (χ3v) is 5.44. The number of hydrogen-bond donors (Lipinski definition) is 1. The summed E-state index contributed by atoms with van der Waals surface area (Å²) < 4.78 is 230. The van der Waals surface area contributed by atoms with Crippen molar-refractivity contribution in [3.63, 3.8) is 0 Å². The number of hydrogen-bond acceptors (Lipinski definition) is 2. The van der Waals surface area contributed by atoms with Gasteiger partial charge in [-0.2, -0.15) is 0 Å². The zero-order valence-corrected chi connectivity index (χ0v) is 17.3. The smallest absolute Gasteiger partial charge is 0.226 e. The van der Waals surface area contributed by atoms with E-state index in [1.165, 1.54) is 0 Å². The number of allylic oxidation sites excluding steroid dienone is 2. The fourth-order valence-electron chi connectivity index (χ4n) is 3.46. The van der Waals surface area contributed by atoms with Gasteiger partial charge in [0.2, 0.25) is 17.3 Å². The fourth-order valence-corrected chi connectivity index (χ4v) is 3.99. The van der Waals surface area contributed by atoms with Gasteiger partial charge in [-0.1, -0.05) is 4.52 Å². The molecule has 37 heavy (non-hydrogen) atoms. The summed E-state index contributed by atoms with van der Waals surface area (Å²) in [6, 6.07) is 0. The highest BCUT2D eigenvalue weighted by atomic mass is 31.1. The maximum Gasteiger partial charge on any atom is 0.696 e. The Morgan fingerprint density at radius 1 is 0.514 bits per heavy atom. The lowest BCUT2D eigenvalue weighted by molar-refractivity contribution is -0.0888. The molecule has 0 aliphatic heterocycles. The van der Waals surface area contributed by atoms with Crippen LogP contribution in [0.2, 0.25) is 0 Å². The van der Waals surface area contributed by atoms with Crippen LogP contribution in [0.4, 0.5) is 65.9 Å². The van der Waals surface area contributed by atoms with Gasteiger partial charge in [0.15, 0.2) is 69.8 Å². The van der Waals surface area contributed by atoms with Crippen LogP contribution in [0.3, 0.4) is 0 Å². The number of rotatable bonds is 4. The van der Waals surface area contributed by atoms with Crippen LogP contribution in [0, 0.1) is 58.2 Å². The topological polar surface area (TPSA) is 46.5 Å². The quantitative estimate of drug-likeness (QED) is 0.181. The van der Waals surface area contributed by atoms with Gasteiger partial charge in [0.05, 0.1) is 11.1 Å². The Morgan fingerprint density at radius 2 is 0.811 bits per heavy atom. The predicted octanol–water partition coefficient (Wildman–Crippen LogP) is 7.12. The molecule has 3 rings (SSSR count). The van der Waals surface area contributed by atoms with Crippen molar-refractivity contribution in [1.82, 2.24) is 0 Å². The SMILES string of the molecule is O=[P+](O)OC1(c2c(F)c(F)c(F)c(F)c2F)C(F)=C(F)C(F)=C(F)C1(F)c1c(F)c(F)c(F)c(F)c1F. The first kappa shape index (κ1) is 28.5. The van der Waals surface area contributed by atoms with Crippen LogP contribution in [0.1, 0.15) is 11.1 Å². The average molecular weight is 581 g/mol. The largest absolute Gasteiger partial charge is 0.696 e. The molecule has 0 heterocycles. The molecule has 1 N–H and O–H groups in total. The second kappa shape index (κ2) is 9.02. The summed E-state index contributed by atoms with van der Waals surface area (Å²) in [4.78, 5) is 9.01. The van der Waals surface area contributed by atoms with Crippen LogP contribution in [0.25, 0.3) is 0 Å². The summed E-state index contributed by atoms with van der Waals surface area (Å²) in [6.45, 7) is 0. The molecule has 3 atom stereocenters. The van der Waals surface area contributed by atoms with Crippen LogP contribution in [-0.4, -0.2) is 4.89 Å². The Morgan fingerprint density at radius 3 is 1.16 bits per heavy atom. The molecular weight excluding hydrogens is 580 g/mol. The van der Waals surface area contributed by atoms with E-state index in [0.29, 0.717) is 0 Å². The molecule has 1 aliphatic carbocycles. The van der Waals surface area contributed by atoms with E-state index >= 15 is 8.78 Å². The molecule has 3 unspecified atom stereocenters. The van der Waals surface area contributed by atoms with E-state index in [-0.39, 0.29) is 0 Å². The Labute approximate surface area is 193 Å². The van der Waals surface area contributed by atoms with Crippen LogP contribution < -0.4 is 0 Å². The van der Waals surface area contributed by atoms with Gasteiger partial charge in [0.25, 0.3) is 5.60 Å². The maximum absolute atomic E-state index is 16.4. The summed E-state index contributed by atoms with van der Waals surface area (Å²) >= 11 is 0. The third kappa shape index (κ3) is 3.49. The zero-order chi connectivity index (χ0) is 28.5. The molecule has 0 fully saturated rings. The van der Waals surface area contributed by atoms with Gasteiger partial charge < -0.3 is 0 Å². The van der Waals surface area contributed by atoms with E-state index in [0.717, 1.165) is 0 Å². The Hall–Kier alpha value is -3.11. The average Bonchev–Trinajstić information content (AvgIpc) is 2.84. The van der Waals surface area contributed by atoms with Crippen molar-refractivity contribution >= 4 is 8.25 Å². The molecule has 0 saturated heterocycles. The van der Waals surface area contributed by atoms with Crippen molar-refractivity contribution in [1.29, 1.82) is 0 Å². The summed E-state index contributed by atoms with van der Waals surface area (Å²) in [6.07, 6.45) is 0. The van der Waals surface area contributed by atoms with Gasteiger partial charge in [-0.25, -0.2) is 65.9 Å². The van der Waals surface area contributed by atoms with Gasteiger partial charge in [0, 0.05) is 4.57 Å². The highest BCUT2D eigenvalue weighted by molar-refractivity contribution is 7.32. The number of halogens is 15. The summed E-state index contributed by atoms with van der Waals surface area (Å²) in [5, 5.41) is 0. The van der Waals surface area contributed by atoms with Crippen molar-refractivity contribution < 1.29 is 79.8 Å². The minimum Gasteiger partial charge on any atom is -0.226 e. The van der Waals surface area contributed by atoms with Crippen molar-refractivity contribution in [3.05, 3.63) is 92.6 Å². The summed E-state index contributed by atoms with van der Waals surface area (Å²) in [5.41, 5.74) is -18.9. The maximum atomic E-state index is 16.4. The van der Waals surface area contributed by atoms with Crippen molar-refractivity contribution in [2.75, 3.05) is 0 Å². The fraction of sp³-hybridized carbons (Fsp3) is 0.111. The monoisotopic (exact) mass is 581 g/mol. The minimum absolute atomic E-state index is 3.15. The molecule has 0 saturated carbocycles. The van der Waals surface area contributed by atoms with E-state index < -0.39 is 112 Å². The first-order valence-corrected chi connectivity index (χ1v) is 9.73. The standard InChI is InChI=1S/C18F15O3P/c19-3-1(4(20)8(24)11(27)7(3)23)17(33)15(31)13(29)14(30)16(32)18(17,36-37(34)35)2-5(21)9(25)12(28)10(26)6(2)22/p+1. The number of benzene rings is 2. The first-order valence-electron chi connectivity index (χ1n) is 8.60. The third-order valence-electron chi connectivity index (χ3n) is 5.01. The lowest BCUT2D eigenvalue weighted by atomic mass is 9.69. The molecule has 0 amide bonds. The van der Waals surface area contributed by atoms with E-state index in [1.807, 2.05) is 0 Å². The van der Waals surface area contributed by atoms with Gasteiger partial charge >= 0.3 is 8.25 Å². The van der Waals surface area contributed by atoms with Gasteiger partial charge in [-0.3, -0.25) is 0 Å². The van der Waals surface area contributed by atoms with Crippen LogP contribution in [0.5, 0.6) is 0 Å². The summed E-state index contributed by atoms with van der Waals surface area (Å²) in [5.74, 6) is -48.2. The molecule has 0 aromatic heterocycles. The van der Waals surface area contributed by atoms with E-state index in [2.05, 4.69) is 4.52 Å². The lowest BCUT2D eigenvalue weighted by Crippen LogP contribution is -2.53. The molecule has 0 spiro atoms. The van der Waals surface area contributed by atoms with Crippen LogP contribution in [-0.2, 0) is 20.4 Å². The highest BCUT2D eigenvalue weighted by Crippen LogP contribution is 2.65. The summed E-state index contributed by atoms with van der Waals surface area (Å²) in [7, 11) is -5.04. The number of alkyl halides is 1. The van der Waals surface area contributed by atoms with Crippen LogP contribution >= 0.6 is 8.25 Å².